The minimum Gasteiger partial charge on any atom is -0.479 e. The van der Waals surface area contributed by atoms with Crippen LogP contribution in [0.2, 0.25) is 0 Å². The number of hydrogen-bond donors (Lipinski definition) is 0. The quantitative estimate of drug-likeness (QED) is 0.537. The third kappa shape index (κ3) is 1.13. The van der Waals surface area contributed by atoms with E-state index in [0.717, 1.165) is 5.69 Å². The van der Waals surface area contributed by atoms with Crippen LogP contribution < -0.4 is 4.74 Å². The number of nitrogens with zero attached hydrogens (tertiary/aromatic N) is 3. The van der Waals surface area contributed by atoms with Gasteiger partial charge in [-0.05, 0) is 6.92 Å². The molecule has 0 fully saturated rings. The van der Waals surface area contributed by atoms with E-state index in [1.54, 1.807) is 7.11 Å². The van der Waals surface area contributed by atoms with Crippen LogP contribution in [0.4, 0.5) is 0 Å². The van der Waals surface area contributed by atoms with E-state index in [1.807, 2.05) is 6.92 Å². The molecular formula is C5H7N3O. The summed E-state index contributed by atoms with van der Waals surface area (Å²) in [6.07, 6.45) is 1.39. The topological polar surface area (TPSA) is 47.9 Å². The Morgan fingerprint density at radius 2 is 2.33 bits per heavy atom. The van der Waals surface area contributed by atoms with Crippen molar-refractivity contribution in [1.29, 1.82) is 0 Å². The minimum atomic E-state index is 0.484. The van der Waals surface area contributed by atoms with Crippen LogP contribution in [-0.2, 0) is 0 Å². The van der Waals surface area contributed by atoms with E-state index in [1.165, 1.54) is 6.33 Å². The summed E-state index contributed by atoms with van der Waals surface area (Å²) < 4.78 is 4.81. The highest BCUT2D eigenvalue weighted by Crippen LogP contribution is 2.05. The molecule has 0 spiro atoms. The molecule has 4 nitrogen and oxygen atoms in total. The van der Waals surface area contributed by atoms with Crippen LogP contribution in [0.3, 0.4) is 0 Å². The van der Waals surface area contributed by atoms with Gasteiger partial charge in [-0.15, -0.1) is 10.2 Å². The summed E-state index contributed by atoms with van der Waals surface area (Å²) in [6.45, 7) is 1.81. The van der Waals surface area contributed by atoms with Crippen LogP contribution in [0.1, 0.15) is 5.69 Å². The van der Waals surface area contributed by atoms with Crippen molar-refractivity contribution in [3.05, 3.63) is 12.0 Å². The van der Waals surface area contributed by atoms with Gasteiger partial charge in [-0.2, -0.15) is 0 Å². The second kappa shape index (κ2) is 2.39. The number of hydrogen-bond acceptors (Lipinski definition) is 4. The van der Waals surface area contributed by atoms with Crippen LogP contribution in [0, 0.1) is 6.92 Å². The number of rotatable bonds is 1. The van der Waals surface area contributed by atoms with E-state index in [9.17, 15) is 0 Å². The molecule has 1 aromatic heterocycles. The van der Waals surface area contributed by atoms with Crippen LogP contribution in [0.5, 0.6) is 5.88 Å². The van der Waals surface area contributed by atoms with Gasteiger partial charge in [0.15, 0.2) is 0 Å². The molecule has 1 aromatic rings. The van der Waals surface area contributed by atoms with Crippen molar-refractivity contribution in [2.24, 2.45) is 0 Å². The average Bonchev–Trinajstić information content (AvgIpc) is 1.89. The molecule has 1 rings (SSSR count). The number of aryl methyl sites for hydroxylation is 1. The maximum atomic E-state index is 4.81. The number of methoxy groups -OCH3 is 1. The zero-order chi connectivity index (χ0) is 6.69. The van der Waals surface area contributed by atoms with Gasteiger partial charge in [-0.3, -0.25) is 0 Å². The standard InChI is InChI=1S/C5H7N3O/c1-4-5(9-2)8-7-3-6-4/h3H,1-2H3. The van der Waals surface area contributed by atoms with Crippen molar-refractivity contribution in [3.8, 4) is 5.88 Å². The molecule has 0 N–H and O–H groups in total. The summed E-state index contributed by atoms with van der Waals surface area (Å²) in [5, 5.41) is 7.19. The predicted octanol–water partition coefficient (Wildman–Crippen LogP) is 0.189. The second-order valence-electron chi connectivity index (χ2n) is 1.55. The van der Waals surface area contributed by atoms with E-state index < -0.39 is 0 Å². The predicted molar refractivity (Wildman–Crippen MR) is 31.1 cm³/mol. The molecule has 4 heteroatoms. The fourth-order valence-corrected chi connectivity index (χ4v) is 0.507. The van der Waals surface area contributed by atoms with Crippen LogP contribution in [0.25, 0.3) is 0 Å². The summed E-state index contributed by atoms with van der Waals surface area (Å²) in [7, 11) is 1.54. The maximum Gasteiger partial charge on any atom is 0.254 e. The van der Waals surface area contributed by atoms with Gasteiger partial charge in [-0.1, -0.05) is 0 Å². The van der Waals surface area contributed by atoms with E-state index in [0.29, 0.717) is 5.88 Å². The molecule has 0 aliphatic heterocycles. The summed E-state index contributed by atoms with van der Waals surface area (Å²) in [6, 6.07) is 0. The first-order chi connectivity index (χ1) is 4.34. The summed E-state index contributed by atoms with van der Waals surface area (Å²) >= 11 is 0. The maximum absolute atomic E-state index is 4.81. The molecule has 9 heavy (non-hydrogen) atoms. The zero-order valence-corrected chi connectivity index (χ0v) is 5.33. The summed E-state index contributed by atoms with van der Waals surface area (Å²) in [5.74, 6) is 0.484. The molecule has 48 valence electrons. The van der Waals surface area contributed by atoms with Crippen molar-refractivity contribution in [3.63, 3.8) is 0 Å². The highest BCUT2D eigenvalue weighted by molar-refractivity contribution is 5.11. The lowest BCUT2D eigenvalue weighted by Crippen LogP contribution is -1.94. The molecule has 0 unspecified atom stereocenters. The molecule has 0 radical (unpaired) electrons. The smallest absolute Gasteiger partial charge is 0.254 e. The third-order valence-electron chi connectivity index (χ3n) is 0.954. The molecule has 0 atom stereocenters. The molecule has 0 aliphatic rings. The second-order valence-corrected chi connectivity index (χ2v) is 1.55. The van der Waals surface area contributed by atoms with Crippen LogP contribution >= 0.6 is 0 Å². The van der Waals surface area contributed by atoms with Crippen molar-refractivity contribution in [1.82, 2.24) is 15.2 Å². The van der Waals surface area contributed by atoms with Gasteiger partial charge < -0.3 is 4.74 Å². The van der Waals surface area contributed by atoms with Gasteiger partial charge in [-0.25, -0.2) is 4.98 Å². The van der Waals surface area contributed by atoms with Crippen molar-refractivity contribution in [2.75, 3.05) is 7.11 Å². The first-order valence-electron chi connectivity index (χ1n) is 2.53. The number of ether oxygens (including phenoxy) is 1. The molecule has 0 saturated heterocycles. The number of aromatic nitrogens is 3. The van der Waals surface area contributed by atoms with E-state index in [4.69, 9.17) is 4.74 Å². The molecular weight excluding hydrogens is 118 g/mol. The molecule has 0 aliphatic carbocycles. The average molecular weight is 125 g/mol. The Morgan fingerprint density at radius 3 is 2.78 bits per heavy atom. The van der Waals surface area contributed by atoms with Crippen molar-refractivity contribution >= 4 is 0 Å². The highest BCUT2D eigenvalue weighted by atomic mass is 16.5. The Kier molecular flexibility index (Phi) is 1.58. The third-order valence-corrected chi connectivity index (χ3v) is 0.954. The van der Waals surface area contributed by atoms with E-state index >= 15 is 0 Å². The first-order valence-corrected chi connectivity index (χ1v) is 2.53. The largest absolute Gasteiger partial charge is 0.479 e. The van der Waals surface area contributed by atoms with Crippen LogP contribution in [-0.4, -0.2) is 22.3 Å². The first kappa shape index (κ1) is 5.94. The highest BCUT2D eigenvalue weighted by Gasteiger charge is 1.96. The molecule has 0 saturated carbocycles. The molecule has 0 aromatic carbocycles. The lowest BCUT2D eigenvalue weighted by atomic mass is 10.5. The van der Waals surface area contributed by atoms with Crippen molar-refractivity contribution < 1.29 is 4.74 Å². The zero-order valence-electron chi connectivity index (χ0n) is 5.33. The van der Waals surface area contributed by atoms with Gasteiger partial charge in [0.05, 0.1) is 7.11 Å². The van der Waals surface area contributed by atoms with E-state index in [2.05, 4.69) is 15.2 Å². The van der Waals surface area contributed by atoms with Crippen molar-refractivity contribution in [2.45, 2.75) is 6.92 Å². The van der Waals surface area contributed by atoms with Crippen LogP contribution in [0.15, 0.2) is 6.33 Å². The lowest BCUT2D eigenvalue weighted by Gasteiger charge is -1.96. The normalized spacial score (nSPS) is 9.11. The fourth-order valence-electron chi connectivity index (χ4n) is 0.507. The Balaban J connectivity index is 3.01. The minimum absolute atomic E-state index is 0.484. The van der Waals surface area contributed by atoms with Gasteiger partial charge in [0.1, 0.15) is 12.0 Å². The lowest BCUT2D eigenvalue weighted by molar-refractivity contribution is 0.385. The monoisotopic (exact) mass is 125 g/mol. The Bertz CT molecular complexity index is 201. The van der Waals surface area contributed by atoms with E-state index in [-0.39, 0.29) is 0 Å². The summed E-state index contributed by atoms with van der Waals surface area (Å²) in [4.78, 5) is 3.85. The molecule has 0 amide bonds. The Hall–Kier alpha value is -1.19. The Morgan fingerprint density at radius 1 is 1.56 bits per heavy atom. The summed E-state index contributed by atoms with van der Waals surface area (Å²) in [5.41, 5.74) is 0.757. The van der Waals surface area contributed by atoms with Gasteiger partial charge in [0.2, 0.25) is 0 Å². The SMILES string of the molecule is COc1nncnc1C. The Labute approximate surface area is 52.9 Å². The van der Waals surface area contributed by atoms with Gasteiger partial charge in [0, 0.05) is 0 Å². The fraction of sp³-hybridized carbons (Fsp3) is 0.400. The molecule has 0 bridgehead atoms. The molecule has 1 heterocycles. The van der Waals surface area contributed by atoms with Gasteiger partial charge >= 0.3 is 0 Å². The van der Waals surface area contributed by atoms with Gasteiger partial charge in [0.25, 0.3) is 5.88 Å².